The number of carbonyl (C=O) groups is 1. The molecule has 6 nitrogen and oxygen atoms in total. The number of hydrogen-bond acceptors (Lipinski definition) is 3. The lowest BCUT2D eigenvalue weighted by atomic mass is 10.1. The van der Waals surface area contributed by atoms with E-state index in [1.807, 2.05) is 42.5 Å². The summed E-state index contributed by atoms with van der Waals surface area (Å²) in [7, 11) is -3.18. The first kappa shape index (κ1) is 16.3. The number of nitrogens with one attached hydrogen (secondary N) is 3. The molecule has 0 spiro atoms. The quantitative estimate of drug-likeness (QED) is 0.710. The van der Waals surface area contributed by atoms with Gasteiger partial charge in [0.05, 0.1) is 11.9 Å². The van der Waals surface area contributed by atoms with E-state index in [1.165, 1.54) is 0 Å². The zero-order chi connectivity index (χ0) is 16.0. The first-order chi connectivity index (χ1) is 10.5. The highest BCUT2D eigenvalue weighted by atomic mass is 32.2. The van der Waals surface area contributed by atoms with Crippen molar-refractivity contribution in [3.8, 4) is 0 Å². The van der Waals surface area contributed by atoms with Crippen LogP contribution in [-0.4, -0.2) is 33.8 Å². The Kier molecular flexibility index (Phi) is 5.35. The molecule has 0 saturated heterocycles. The van der Waals surface area contributed by atoms with Crippen molar-refractivity contribution in [2.75, 3.05) is 24.7 Å². The van der Waals surface area contributed by atoms with E-state index in [4.69, 9.17) is 0 Å². The number of amides is 2. The van der Waals surface area contributed by atoms with Crippen molar-refractivity contribution in [3.63, 3.8) is 0 Å². The van der Waals surface area contributed by atoms with E-state index in [2.05, 4.69) is 15.4 Å². The Bertz CT molecular complexity index is 754. The second kappa shape index (κ2) is 7.24. The van der Waals surface area contributed by atoms with Gasteiger partial charge in [0.15, 0.2) is 0 Å². The summed E-state index contributed by atoms with van der Waals surface area (Å²) in [5, 5.41) is 7.53. The molecule has 0 aliphatic heterocycles. The number of sulfonamides is 1. The SMILES string of the molecule is CS(=O)(=O)NCCCNC(=O)Nc1cccc2ccccc12. The largest absolute Gasteiger partial charge is 0.338 e. The van der Waals surface area contributed by atoms with Gasteiger partial charge in [0, 0.05) is 18.5 Å². The van der Waals surface area contributed by atoms with Crippen LogP contribution in [0.5, 0.6) is 0 Å². The van der Waals surface area contributed by atoms with Gasteiger partial charge in [0.25, 0.3) is 0 Å². The van der Waals surface area contributed by atoms with Crippen molar-refractivity contribution >= 4 is 32.5 Å². The van der Waals surface area contributed by atoms with Gasteiger partial charge in [-0.15, -0.1) is 0 Å². The number of carbonyl (C=O) groups excluding carboxylic acids is 1. The average Bonchev–Trinajstić information content (AvgIpc) is 2.46. The molecule has 22 heavy (non-hydrogen) atoms. The Morgan fingerprint density at radius 3 is 2.55 bits per heavy atom. The highest BCUT2D eigenvalue weighted by molar-refractivity contribution is 7.88. The smallest absolute Gasteiger partial charge is 0.319 e. The fourth-order valence-corrected chi connectivity index (χ4v) is 2.56. The van der Waals surface area contributed by atoms with E-state index in [-0.39, 0.29) is 6.03 Å². The van der Waals surface area contributed by atoms with E-state index < -0.39 is 10.0 Å². The molecule has 7 heteroatoms. The van der Waals surface area contributed by atoms with Crippen LogP contribution in [0.4, 0.5) is 10.5 Å². The molecule has 0 radical (unpaired) electrons. The minimum absolute atomic E-state index is 0.299. The van der Waals surface area contributed by atoms with Crippen LogP contribution in [-0.2, 0) is 10.0 Å². The van der Waals surface area contributed by atoms with Crippen molar-refractivity contribution in [2.24, 2.45) is 0 Å². The number of rotatable bonds is 6. The minimum Gasteiger partial charge on any atom is -0.338 e. The summed E-state index contributed by atoms with van der Waals surface area (Å²) in [6.07, 6.45) is 1.63. The Balaban J connectivity index is 1.84. The molecule has 0 heterocycles. The maximum Gasteiger partial charge on any atom is 0.319 e. The number of urea groups is 1. The van der Waals surface area contributed by atoms with E-state index >= 15 is 0 Å². The molecule has 0 aliphatic carbocycles. The normalized spacial score (nSPS) is 11.3. The molecule has 0 atom stereocenters. The summed E-state index contributed by atoms with van der Waals surface area (Å²) in [6, 6.07) is 13.2. The number of hydrogen-bond donors (Lipinski definition) is 3. The highest BCUT2D eigenvalue weighted by Crippen LogP contribution is 2.22. The molecular formula is C15H19N3O3S. The van der Waals surface area contributed by atoms with E-state index in [1.54, 1.807) is 0 Å². The molecule has 3 N–H and O–H groups in total. The number of anilines is 1. The van der Waals surface area contributed by atoms with E-state index in [0.29, 0.717) is 19.5 Å². The summed E-state index contributed by atoms with van der Waals surface area (Å²) in [5.74, 6) is 0. The van der Waals surface area contributed by atoms with Crippen molar-refractivity contribution in [1.29, 1.82) is 0 Å². The molecule has 2 amide bonds. The second-order valence-corrected chi connectivity index (χ2v) is 6.76. The number of fused-ring (bicyclic) bond motifs is 1. The summed E-state index contributed by atoms with van der Waals surface area (Å²) >= 11 is 0. The Hall–Kier alpha value is -2.12. The molecule has 0 fully saturated rings. The molecule has 2 rings (SSSR count). The monoisotopic (exact) mass is 321 g/mol. The maximum absolute atomic E-state index is 11.9. The maximum atomic E-state index is 11.9. The van der Waals surface area contributed by atoms with Crippen LogP contribution in [0.2, 0.25) is 0 Å². The van der Waals surface area contributed by atoms with Crippen LogP contribution < -0.4 is 15.4 Å². The van der Waals surface area contributed by atoms with Crippen molar-refractivity contribution < 1.29 is 13.2 Å². The number of benzene rings is 2. The summed E-state index contributed by atoms with van der Waals surface area (Å²) in [4.78, 5) is 11.9. The molecule has 2 aromatic rings. The van der Waals surface area contributed by atoms with Crippen LogP contribution in [0.3, 0.4) is 0 Å². The van der Waals surface area contributed by atoms with E-state index in [9.17, 15) is 13.2 Å². The predicted molar refractivity (Wildman–Crippen MR) is 88.4 cm³/mol. The molecular weight excluding hydrogens is 302 g/mol. The minimum atomic E-state index is -3.18. The van der Waals surface area contributed by atoms with Crippen LogP contribution >= 0.6 is 0 Å². The van der Waals surface area contributed by atoms with Gasteiger partial charge >= 0.3 is 6.03 Å². The Labute approximate surface area is 130 Å². The molecule has 0 saturated carbocycles. The van der Waals surface area contributed by atoms with Crippen LogP contribution in [0.1, 0.15) is 6.42 Å². The Morgan fingerprint density at radius 1 is 1.05 bits per heavy atom. The lowest BCUT2D eigenvalue weighted by Gasteiger charge is -2.10. The second-order valence-electron chi connectivity index (χ2n) is 4.93. The third-order valence-corrected chi connectivity index (χ3v) is 3.77. The van der Waals surface area contributed by atoms with E-state index in [0.717, 1.165) is 22.7 Å². The molecule has 2 aromatic carbocycles. The fourth-order valence-electron chi connectivity index (χ4n) is 2.05. The lowest BCUT2D eigenvalue weighted by molar-refractivity contribution is 0.252. The summed E-state index contributed by atoms with van der Waals surface area (Å²) in [5.41, 5.74) is 0.741. The standard InChI is InChI=1S/C15H19N3O3S/c1-22(20,21)17-11-5-10-16-15(19)18-14-9-4-7-12-6-2-3-8-13(12)14/h2-4,6-9,17H,5,10-11H2,1H3,(H2,16,18,19). The predicted octanol–water partition coefficient (Wildman–Crippen LogP) is 1.90. The van der Waals surface area contributed by atoms with Crippen molar-refractivity contribution in [2.45, 2.75) is 6.42 Å². The van der Waals surface area contributed by atoms with Gasteiger partial charge in [-0.3, -0.25) is 0 Å². The average molecular weight is 321 g/mol. The topological polar surface area (TPSA) is 87.3 Å². The molecule has 118 valence electrons. The van der Waals surface area contributed by atoms with Gasteiger partial charge in [0.1, 0.15) is 0 Å². The zero-order valence-corrected chi connectivity index (χ0v) is 13.1. The summed E-state index contributed by atoms with van der Waals surface area (Å²) < 4.78 is 24.1. The Morgan fingerprint density at radius 2 is 1.77 bits per heavy atom. The third kappa shape index (κ3) is 5.01. The van der Waals surface area contributed by atoms with Crippen LogP contribution in [0, 0.1) is 0 Å². The molecule has 0 aliphatic rings. The van der Waals surface area contributed by atoms with Gasteiger partial charge in [-0.25, -0.2) is 17.9 Å². The first-order valence-electron chi connectivity index (χ1n) is 6.93. The third-order valence-electron chi connectivity index (χ3n) is 3.04. The van der Waals surface area contributed by atoms with Gasteiger partial charge < -0.3 is 10.6 Å². The summed E-state index contributed by atoms with van der Waals surface area (Å²) in [6.45, 7) is 0.687. The molecule has 0 bridgehead atoms. The van der Waals surface area contributed by atoms with Crippen LogP contribution in [0.15, 0.2) is 42.5 Å². The van der Waals surface area contributed by atoms with Gasteiger partial charge in [-0.05, 0) is 17.9 Å². The molecule has 0 aromatic heterocycles. The zero-order valence-electron chi connectivity index (χ0n) is 12.3. The highest BCUT2D eigenvalue weighted by Gasteiger charge is 2.05. The van der Waals surface area contributed by atoms with Gasteiger partial charge in [-0.2, -0.15) is 0 Å². The first-order valence-corrected chi connectivity index (χ1v) is 8.82. The van der Waals surface area contributed by atoms with Gasteiger partial charge in [0.2, 0.25) is 10.0 Å². The van der Waals surface area contributed by atoms with Crippen molar-refractivity contribution in [3.05, 3.63) is 42.5 Å². The van der Waals surface area contributed by atoms with Crippen LogP contribution in [0.25, 0.3) is 10.8 Å². The van der Waals surface area contributed by atoms with Gasteiger partial charge in [-0.1, -0.05) is 36.4 Å². The fraction of sp³-hybridized carbons (Fsp3) is 0.267. The lowest BCUT2D eigenvalue weighted by Crippen LogP contribution is -2.32. The van der Waals surface area contributed by atoms with Crippen molar-refractivity contribution in [1.82, 2.24) is 10.0 Å². The molecule has 0 unspecified atom stereocenters.